The van der Waals surface area contributed by atoms with Crippen molar-refractivity contribution in [3.05, 3.63) is 28.3 Å². The molecule has 30 heavy (non-hydrogen) atoms. The molecule has 2 aliphatic carbocycles. The highest BCUT2D eigenvalue weighted by atomic mass is 32.2. The minimum Gasteiger partial charge on any atom is -0.347 e. The van der Waals surface area contributed by atoms with Gasteiger partial charge in [-0.15, -0.1) is 0 Å². The second-order valence-corrected chi connectivity index (χ2v) is 9.45. The lowest BCUT2D eigenvalue weighted by atomic mass is 9.99. The highest BCUT2D eigenvalue weighted by Gasteiger charge is 2.28. The van der Waals surface area contributed by atoms with Crippen LogP contribution in [0.3, 0.4) is 0 Å². The predicted octanol–water partition coefficient (Wildman–Crippen LogP) is 2.57. The molecule has 3 amide bonds. The first-order valence-electron chi connectivity index (χ1n) is 9.85. The monoisotopic (exact) mass is 447 g/mol. The summed E-state index contributed by atoms with van der Waals surface area (Å²) >= 11 is 0. The Hall–Kier alpha value is -2.30. The summed E-state index contributed by atoms with van der Waals surface area (Å²) in [7, 11) is -4.03. The fourth-order valence-corrected chi connectivity index (χ4v) is 4.97. The van der Waals surface area contributed by atoms with Crippen molar-refractivity contribution < 1.29 is 31.2 Å². The summed E-state index contributed by atoms with van der Waals surface area (Å²) in [5.74, 6) is -1.45. The lowest BCUT2D eigenvalue weighted by Gasteiger charge is -2.16. The van der Waals surface area contributed by atoms with Crippen LogP contribution in [-0.4, -0.2) is 38.8 Å². The molecule has 0 spiro atoms. The van der Waals surface area contributed by atoms with Gasteiger partial charge in [0.1, 0.15) is 6.54 Å². The molecule has 0 radical (unpaired) electrons. The number of fused-ring (bicyclic) bond motifs is 2. The number of halogens is 3. The summed E-state index contributed by atoms with van der Waals surface area (Å²) in [6.07, 6.45) is 0.392. The molecule has 166 valence electrons. The van der Waals surface area contributed by atoms with Crippen molar-refractivity contribution in [2.75, 3.05) is 17.6 Å². The molecular formula is C19H24F3N3O4S. The molecule has 3 rings (SSSR count). The first kappa shape index (κ1) is 22.4. The maximum absolute atomic E-state index is 12.3. The Balaban J connectivity index is 1.53. The van der Waals surface area contributed by atoms with Gasteiger partial charge in [0.15, 0.2) is 0 Å². The van der Waals surface area contributed by atoms with Gasteiger partial charge >= 0.3 is 12.2 Å². The van der Waals surface area contributed by atoms with Crippen molar-refractivity contribution in [3.8, 4) is 0 Å². The summed E-state index contributed by atoms with van der Waals surface area (Å²) in [5, 5.41) is 4.37. The first-order chi connectivity index (χ1) is 14.0. The van der Waals surface area contributed by atoms with Crippen LogP contribution in [0.2, 0.25) is 0 Å². The fourth-order valence-electron chi connectivity index (χ4n) is 4.01. The van der Waals surface area contributed by atoms with Gasteiger partial charge in [0.25, 0.3) is 0 Å². The van der Waals surface area contributed by atoms with Crippen LogP contribution in [0.5, 0.6) is 0 Å². The standard InChI is InChI=1S/C19H24F3N3O4S/c20-19(21,22)11-23-16(26)8-3-9-30(28,29)25-18(27)24-17-14-6-1-4-12(14)10-13-5-2-7-15(13)17/h10H,1-9,11H2,(H,23,26)(H2,24,25,27). The van der Waals surface area contributed by atoms with Crippen LogP contribution in [0, 0.1) is 0 Å². The van der Waals surface area contributed by atoms with E-state index in [0.29, 0.717) is 5.69 Å². The average molecular weight is 447 g/mol. The molecule has 3 N–H and O–H groups in total. The molecule has 0 unspecified atom stereocenters. The Morgan fingerprint density at radius 1 is 1.00 bits per heavy atom. The number of sulfonamides is 1. The third-order valence-corrected chi connectivity index (χ3v) is 6.59. The van der Waals surface area contributed by atoms with Crippen molar-refractivity contribution in [3.63, 3.8) is 0 Å². The van der Waals surface area contributed by atoms with Crippen LogP contribution < -0.4 is 15.4 Å². The second kappa shape index (κ2) is 8.83. The topological polar surface area (TPSA) is 104 Å². The number of alkyl halides is 3. The van der Waals surface area contributed by atoms with E-state index in [1.807, 2.05) is 4.72 Å². The van der Waals surface area contributed by atoms with E-state index >= 15 is 0 Å². The zero-order valence-corrected chi connectivity index (χ0v) is 17.1. The zero-order valence-electron chi connectivity index (χ0n) is 16.3. The molecule has 11 heteroatoms. The van der Waals surface area contributed by atoms with Gasteiger partial charge < -0.3 is 10.6 Å². The first-order valence-corrected chi connectivity index (χ1v) is 11.5. The maximum atomic E-state index is 12.3. The minimum atomic E-state index is -4.53. The van der Waals surface area contributed by atoms with Gasteiger partial charge in [0.2, 0.25) is 15.9 Å². The lowest BCUT2D eigenvalue weighted by Crippen LogP contribution is -2.37. The van der Waals surface area contributed by atoms with Gasteiger partial charge in [-0.3, -0.25) is 4.79 Å². The summed E-state index contributed by atoms with van der Waals surface area (Å²) in [6, 6.07) is 1.32. The molecule has 0 aliphatic heterocycles. The Kier molecular flexibility index (Phi) is 6.59. The number of nitrogens with one attached hydrogen (secondary N) is 3. The van der Waals surface area contributed by atoms with E-state index in [4.69, 9.17) is 0 Å². The number of carbonyl (C=O) groups excluding carboxylic acids is 2. The van der Waals surface area contributed by atoms with Gasteiger partial charge in [-0.05, 0) is 67.2 Å². The quantitative estimate of drug-likeness (QED) is 0.598. The highest BCUT2D eigenvalue weighted by Crippen LogP contribution is 2.38. The summed E-state index contributed by atoms with van der Waals surface area (Å²) in [5.41, 5.74) is 5.21. The molecule has 2 aliphatic rings. The van der Waals surface area contributed by atoms with E-state index < -0.39 is 46.9 Å². The molecule has 0 aromatic heterocycles. The Morgan fingerprint density at radius 3 is 2.17 bits per heavy atom. The Labute approximate surface area is 172 Å². The molecule has 0 bridgehead atoms. The average Bonchev–Trinajstić information content (AvgIpc) is 3.27. The van der Waals surface area contributed by atoms with E-state index in [1.165, 1.54) is 11.1 Å². The number of benzene rings is 1. The third kappa shape index (κ3) is 5.87. The van der Waals surface area contributed by atoms with Gasteiger partial charge in [0.05, 0.1) is 5.75 Å². The summed E-state index contributed by atoms with van der Waals surface area (Å²) < 4.78 is 62.3. The van der Waals surface area contributed by atoms with Crippen molar-refractivity contribution in [2.24, 2.45) is 0 Å². The fraction of sp³-hybridized carbons (Fsp3) is 0.579. The maximum Gasteiger partial charge on any atom is 0.405 e. The van der Waals surface area contributed by atoms with E-state index in [2.05, 4.69) is 11.4 Å². The molecule has 1 aromatic carbocycles. The SMILES string of the molecule is O=C(CCCS(=O)(=O)NC(=O)Nc1c2c(cc3c1CCC3)CCC2)NCC(F)(F)F. The molecule has 1 aromatic rings. The number of rotatable bonds is 7. The second-order valence-electron chi connectivity index (χ2n) is 7.60. The molecule has 0 saturated carbocycles. The van der Waals surface area contributed by atoms with Crippen molar-refractivity contribution in [2.45, 2.75) is 57.5 Å². The molecule has 0 saturated heterocycles. The molecule has 0 heterocycles. The zero-order chi connectivity index (χ0) is 21.9. The van der Waals surface area contributed by atoms with Crippen LogP contribution in [0.15, 0.2) is 6.07 Å². The number of amides is 3. The molecule has 0 fully saturated rings. The van der Waals surface area contributed by atoms with E-state index in [9.17, 15) is 31.2 Å². The summed E-state index contributed by atoms with van der Waals surface area (Å²) in [4.78, 5) is 23.7. The minimum absolute atomic E-state index is 0.206. The Morgan fingerprint density at radius 2 is 1.60 bits per heavy atom. The van der Waals surface area contributed by atoms with Gasteiger partial charge in [-0.2, -0.15) is 13.2 Å². The normalized spacial score (nSPS) is 15.4. The number of urea groups is 1. The molecule has 0 atom stereocenters. The number of carbonyl (C=O) groups is 2. The number of aryl methyl sites for hydroxylation is 2. The highest BCUT2D eigenvalue weighted by molar-refractivity contribution is 7.90. The largest absolute Gasteiger partial charge is 0.405 e. The smallest absolute Gasteiger partial charge is 0.347 e. The molecular weight excluding hydrogens is 423 g/mol. The van der Waals surface area contributed by atoms with Gasteiger partial charge in [-0.25, -0.2) is 17.9 Å². The number of hydrogen-bond donors (Lipinski definition) is 3. The van der Waals surface area contributed by atoms with Crippen molar-refractivity contribution >= 4 is 27.6 Å². The van der Waals surface area contributed by atoms with Crippen LogP contribution >= 0.6 is 0 Å². The van der Waals surface area contributed by atoms with Crippen molar-refractivity contribution in [1.29, 1.82) is 0 Å². The third-order valence-electron chi connectivity index (χ3n) is 5.26. The lowest BCUT2D eigenvalue weighted by molar-refractivity contribution is -0.138. The van der Waals surface area contributed by atoms with E-state index in [-0.39, 0.29) is 6.42 Å². The van der Waals surface area contributed by atoms with E-state index in [1.54, 1.807) is 5.32 Å². The number of anilines is 1. The molecule has 7 nitrogen and oxygen atoms in total. The van der Waals surface area contributed by atoms with Gasteiger partial charge in [-0.1, -0.05) is 6.07 Å². The van der Waals surface area contributed by atoms with Crippen LogP contribution in [0.4, 0.5) is 23.7 Å². The van der Waals surface area contributed by atoms with E-state index in [0.717, 1.165) is 49.7 Å². The Bertz CT molecular complexity index is 913. The van der Waals surface area contributed by atoms with Gasteiger partial charge in [0, 0.05) is 12.1 Å². The van der Waals surface area contributed by atoms with Crippen molar-refractivity contribution in [1.82, 2.24) is 10.0 Å². The van der Waals surface area contributed by atoms with Crippen LogP contribution in [0.1, 0.15) is 47.9 Å². The van der Waals surface area contributed by atoms with Crippen LogP contribution in [-0.2, 0) is 40.5 Å². The van der Waals surface area contributed by atoms with Crippen LogP contribution in [0.25, 0.3) is 0 Å². The summed E-state index contributed by atoms with van der Waals surface area (Å²) in [6.45, 7) is -1.47. The number of hydrogen-bond acceptors (Lipinski definition) is 4. The predicted molar refractivity (Wildman–Crippen MR) is 105 cm³/mol.